The van der Waals surface area contributed by atoms with Gasteiger partial charge in [0, 0.05) is 24.9 Å². The number of aromatic nitrogens is 2. The molecule has 7 heteroatoms. The smallest absolute Gasteiger partial charge is 0.326 e. The molecule has 2 amide bonds. The Morgan fingerprint density at radius 3 is 2.90 bits per heavy atom. The number of carbonyl (C=O) groups is 2. The summed E-state index contributed by atoms with van der Waals surface area (Å²) in [5.41, 5.74) is 0.647. The van der Waals surface area contributed by atoms with Crippen LogP contribution in [0.15, 0.2) is 12.5 Å². The highest BCUT2D eigenvalue weighted by molar-refractivity contribution is 5.83. The fourth-order valence-corrected chi connectivity index (χ4v) is 2.00. The maximum absolute atomic E-state index is 12.2. The molecule has 1 aliphatic rings. The topological polar surface area (TPSA) is 98.3 Å². The summed E-state index contributed by atoms with van der Waals surface area (Å²) in [6.45, 7) is 0.755. The van der Waals surface area contributed by atoms with Crippen molar-refractivity contribution in [2.24, 2.45) is 5.92 Å². The minimum absolute atomic E-state index is 0.147. The third-order valence-corrected chi connectivity index (χ3v) is 3.32. The number of aliphatic carboxylic acids is 1. The number of rotatable bonds is 7. The number of nitrogens with one attached hydrogen (secondary N) is 2. The number of urea groups is 1. The number of imidazole rings is 1. The molecule has 0 aliphatic heterocycles. The van der Waals surface area contributed by atoms with E-state index in [0.29, 0.717) is 18.2 Å². The second kappa shape index (κ2) is 6.79. The summed E-state index contributed by atoms with van der Waals surface area (Å²) >= 11 is 0. The number of nitrogens with zero attached hydrogens (tertiary/aromatic N) is 2. The van der Waals surface area contributed by atoms with Gasteiger partial charge in [-0.25, -0.2) is 14.6 Å². The van der Waals surface area contributed by atoms with Gasteiger partial charge in [-0.2, -0.15) is 0 Å². The van der Waals surface area contributed by atoms with E-state index in [1.54, 1.807) is 0 Å². The second-order valence-electron chi connectivity index (χ2n) is 5.15. The van der Waals surface area contributed by atoms with Crippen LogP contribution < -0.4 is 5.32 Å². The molecule has 0 bridgehead atoms. The van der Waals surface area contributed by atoms with Crippen LogP contribution in [-0.4, -0.2) is 51.1 Å². The van der Waals surface area contributed by atoms with Crippen LogP contribution in [0.1, 0.15) is 18.5 Å². The molecule has 1 aromatic heterocycles. The van der Waals surface area contributed by atoms with Gasteiger partial charge in [-0.3, -0.25) is 0 Å². The number of amides is 2. The Bertz CT molecular complexity index is 531. The minimum Gasteiger partial charge on any atom is -0.480 e. The molecule has 112 valence electrons. The number of carboxylic acid groups (broad SMARTS) is 1. The Labute approximate surface area is 122 Å². The van der Waals surface area contributed by atoms with E-state index in [9.17, 15) is 14.7 Å². The van der Waals surface area contributed by atoms with E-state index >= 15 is 0 Å². The average Bonchev–Trinajstić information content (AvgIpc) is 3.11. The Hall–Kier alpha value is -2.49. The number of H-pyrrole nitrogens is 1. The van der Waals surface area contributed by atoms with E-state index in [1.807, 2.05) is 0 Å². The lowest BCUT2D eigenvalue weighted by Gasteiger charge is -2.23. The predicted octanol–water partition coefficient (Wildman–Crippen LogP) is 0.460. The largest absolute Gasteiger partial charge is 0.480 e. The Kier molecular flexibility index (Phi) is 4.82. The van der Waals surface area contributed by atoms with Crippen molar-refractivity contribution in [1.29, 1.82) is 0 Å². The van der Waals surface area contributed by atoms with E-state index < -0.39 is 18.0 Å². The highest BCUT2D eigenvalue weighted by Crippen LogP contribution is 2.29. The maximum Gasteiger partial charge on any atom is 0.326 e. The van der Waals surface area contributed by atoms with Crippen LogP contribution in [0.3, 0.4) is 0 Å². The van der Waals surface area contributed by atoms with E-state index in [1.165, 1.54) is 17.4 Å². The van der Waals surface area contributed by atoms with Crippen LogP contribution in [0, 0.1) is 18.3 Å². The molecule has 1 aromatic rings. The fraction of sp³-hybridized carbons (Fsp3) is 0.500. The van der Waals surface area contributed by atoms with Gasteiger partial charge in [-0.1, -0.05) is 5.92 Å². The highest BCUT2D eigenvalue weighted by Gasteiger charge is 2.28. The van der Waals surface area contributed by atoms with Crippen LogP contribution >= 0.6 is 0 Å². The van der Waals surface area contributed by atoms with Gasteiger partial charge < -0.3 is 20.3 Å². The quantitative estimate of drug-likeness (QED) is 0.635. The van der Waals surface area contributed by atoms with Crippen molar-refractivity contribution < 1.29 is 14.7 Å². The molecule has 7 nitrogen and oxygen atoms in total. The molecular formula is C14H18N4O3. The molecular weight excluding hydrogens is 272 g/mol. The first-order valence-corrected chi connectivity index (χ1v) is 6.79. The molecule has 0 saturated heterocycles. The average molecular weight is 290 g/mol. The van der Waals surface area contributed by atoms with Crippen molar-refractivity contribution in [2.45, 2.75) is 25.3 Å². The maximum atomic E-state index is 12.2. The van der Waals surface area contributed by atoms with Gasteiger partial charge in [0.25, 0.3) is 0 Å². The normalized spacial score (nSPS) is 15.0. The Balaban J connectivity index is 1.95. The van der Waals surface area contributed by atoms with Crippen LogP contribution in [0.2, 0.25) is 0 Å². The first-order chi connectivity index (χ1) is 10.1. The molecule has 0 radical (unpaired) electrons. The zero-order valence-electron chi connectivity index (χ0n) is 11.6. The van der Waals surface area contributed by atoms with E-state index in [0.717, 1.165) is 12.8 Å². The first kappa shape index (κ1) is 14.9. The lowest BCUT2D eigenvalue weighted by Crippen LogP contribution is -2.49. The number of carboxylic acids is 1. The lowest BCUT2D eigenvalue weighted by molar-refractivity contribution is -0.139. The van der Waals surface area contributed by atoms with Crippen LogP contribution in [0.5, 0.6) is 0 Å². The zero-order valence-corrected chi connectivity index (χ0v) is 11.6. The van der Waals surface area contributed by atoms with Crippen LogP contribution in [-0.2, 0) is 11.2 Å². The van der Waals surface area contributed by atoms with E-state index in [4.69, 9.17) is 6.42 Å². The molecule has 3 N–H and O–H groups in total. The summed E-state index contributed by atoms with van der Waals surface area (Å²) in [7, 11) is 0. The number of hydrogen-bond acceptors (Lipinski definition) is 3. The van der Waals surface area contributed by atoms with Crippen LogP contribution in [0.4, 0.5) is 4.79 Å². The van der Waals surface area contributed by atoms with Gasteiger partial charge in [0.15, 0.2) is 0 Å². The van der Waals surface area contributed by atoms with Gasteiger partial charge >= 0.3 is 12.0 Å². The fourth-order valence-electron chi connectivity index (χ4n) is 2.00. The first-order valence-electron chi connectivity index (χ1n) is 6.79. The Morgan fingerprint density at radius 2 is 2.38 bits per heavy atom. The summed E-state index contributed by atoms with van der Waals surface area (Å²) in [5, 5.41) is 11.7. The van der Waals surface area contributed by atoms with Gasteiger partial charge in [-0.05, 0) is 18.8 Å². The monoisotopic (exact) mass is 290 g/mol. The number of hydrogen-bond donors (Lipinski definition) is 3. The minimum atomic E-state index is -1.09. The summed E-state index contributed by atoms with van der Waals surface area (Å²) in [6, 6.07) is -1.45. The van der Waals surface area contributed by atoms with Crippen molar-refractivity contribution in [2.75, 3.05) is 13.1 Å². The molecule has 1 aliphatic carbocycles. The Morgan fingerprint density at radius 1 is 1.62 bits per heavy atom. The summed E-state index contributed by atoms with van der Waals surface area (Å²) in [5.74, 6) is 1.82. The molecule has 1 saturated carbocycles. The van der Waals surface area contributed by atoms with Gasteiger partial charge in [0.2, 0.25) is 0 Å². The third-order valence-electron chi connectivity index (χ3n) is 3.32. The van der Waals surface area contributed by atoms with Crippen molar-refractivity contribution in [3.05, 3.63) is 18.2 Å². The van der Waals surface area contributed by atoms with Crippen molar-refractivity contribution in [3.8, 4) is 12.3 Å². The standard InChI is InChI=1S/C14H18N4O3/c1-2-5-18(8-10-3-4-10)14(21)17-12(13(19)20)6-11-7-15-9-16-11/h1,7,9-10,12H,3-6,8H2,(H,15,16)(H,17,21)(H,19,20)/t12-/m0/s1. The number of carbonyl (C=O) groups excluding carboxylic acids is 1. The molecule has 1 atom stereocenters. The van der Waals surface area contributed by atoms with Crippen molar-refractivity contribution in [3.63, 3.8) is 0 Å². The van der Waals surface area contributed by atoms with Gasteiger partial charge in [-0.15, -0.1) is 6.42 Å². The van der Waals surface area contributed by atoms with E-state index in [2.05, 4.69) is 21.2 Å². The number of terminal acetylenes is 1. The molecule has 0 aromatic carbocycles. The van der Waals surface area contributed by atoms with E-state index in [-0.39, 0.29) is 13.0 Å². The molecule has 0 unspecified atom stereocenters. The molecule has 0 spiro atoms. The lowest BCUT2D eigenvalue weighted by atomic mass is 10.1. The third kappa shape index (κ3) is 4.53. The molecule has 21 heavy (non-hydrogen) atoms. The number of aromatic amines is 1. The van der Waals surface area contributed by atoms with Gasteiger partial charge in [0.05, 0.1) is 12.9 Å². The highest BCUT2D eigenvalue weighted by atomic mass is 16.4. The second-order valence-corrected chi connectivity index (χ2v) is 5.15. The van der Waals surface area contributed by atoms with Gasteiger partial charge in [0.1, 0.15) is 6.04 Å². The SMILES string of the molecule is C#CCN(CC1CC1)C(=O)N[C@@H](Cc1cnc[nH]1)C(=O)O. The molecule has 2 rings (SSSR count). The summed E-state index contributed by atoms with van der Waals surface area (Å²) < 4.78 is 0. The molecule has 1 fully saturated rings. The summed E-state index contributed by atoms with van der Waals surface area (Å²) in [6.07, 6.45) is 10.6. The van der Waals surface area contributed by atoms with Crippen molar-refractivity contribution in [1.82, 2.24) is 20.2 Å². The van der Waals surface area contributed by atoms with Crippen LogP contribution in [0.25, 0.3) is 0 Å². The van der Waals surface area contributed by atoms with Crippen molar-refractivity contribution >= 4 is 12.0 Å². The molecule has 1 heterocycles. The predicted molar refractivity (Wildman–Crippen MR) is 75.4 cm³/mol. The summed E-state index contributed by atoms with van der Waals surface area (Å²) in [4.78, 5) is 31.6. The zero-order chi connectivity index (χ0) is 15.2.